The van der Waals surface area contributed by atoms with E-state index in [2.05, 4.69) is 67.5 Å². The monoisotopic (exact) mass is 715 g/mol. The number of rotatable bonds is 18. The van der Waals surface area contributed by atoms with E-state index >= 15 is 0 Å². The molecule has 8 nitrogen and oxygen atoms in total. The normalized spacial score (nSPS) is 29.6. The summed E-state index contributed by atoms with van der Waals surface area (Å²) in [6.45, 7) is 26.9. The van der Waals surface area contributed by atoms with Crippen LogP contribution in [0.5, 0.6) is 0 Å². The number of nitrogens with zero attached hydrogens (tertiary/aromatic N) is 1. The molecule has 0 unspecified atom stereocenters. The average Bonchev–Trinajstić information content (AvgIpc) is 3.59. The van der Waals surface area contributed by atoms with Crippen molar-refractivity contribution < 1.29 is 33.0 Å². The van der Waals surface area contributed by atoms with E-state index in [-0.39, 0.29) is 30.7 Å². The number of nitriles is 1. The first-order chi connectivity index (χ1) is 23.5. The summed E-state index contributed by atoms with van der Waals surface area (Å²) in [7, 11) is -1.87. The first-order valence-electron chi connectivity index (χ1n) is 19.4. The van der Waals surface area contributed by atoms with Gasteiger partial charge in [0.1, 0.15) is 18.5 Å². The molecule has 3 rings (SSSR count). The van der Waals surface area contributed by atoms with Crippen LogP contribution in [-0.2, 0) is 33.0 Å². The second kappa shape index (κ2) is 18.3. The van der Waals surface area contributed by atoms with E-state index < -0.39 is 31.5 Å². The molecule has 2 saturated heterocycles. The summed E-state index contributed by atoms with van der Waals surface area (Å²) in [5.41, 5.74) is 4.32. The standard InChI is InChI=1S/C41H69NO7Si/c1-27(2)50(28(3)4,29(5)6)46-23-14-17-34-24-31(8)39(48-34)30(7)16-13-18-38(47-33(10)44)41(20-15-22-42)21-19-35(32(9)36(41)25-43)37-26-45-40(11,12)49-37/h16,25,27-29,31,34,36-39H,13-15,17-21,23-24,26H2,1-12H3/b30-16+/t31-,34-,36+,37+,38+,39+,41+/m1/s1. The second-order valence-corrected chi connectivity index (χ2v) is 22.3. The quantitative estimate of drug-likeness (QED) is 0.0454. The number of hydrogen-bond acceptors (Lipinski definition) is 8. The van der Waals surface area contributed by atoms with E-state index in [1.165, 1.54) is 12.5 Å². The van der Waals surface area contributed by atoms with Crippen molar-refractivity contribution in [2.45, 2.75) is 188 Å². The van der Waals surface area contributed by atoms with Gasteiger partial charge in [-0.25, -0.2) is 0 Å². The van der Waals surface area contributed by atoms with E-state index in [0.29, 0.717) is 61.3 Å². The molecule has 0 amide bonds. The molecule has 2 fully saturated rings. The van der Waals surface area contributed by atoms with Crippen molar-refractivity contribution in [1.82, 2.24) is 0 Å². The Kier molecular flexibility index (Phi) is 15.6. The highest BCUT2D eigenvalue weighted by Crippen LogP contribution is 2.52. The summed E-state index contributed by atoms with van der Waals surface area (Å²) in [5, 5.41) is 9.64. The lowest BCUT2D eigenvalue weighted by atomic mass is 9.58. The molecule has 0 N–H and O–H groups in total. The molecule has 0 aromatic rings. The summed E-state index contributed by atoms with van der Waals surface area (Å²) in [5.74, 6) is -1.12. The maximum Gasteiger partial charge on any atom is 0.302 e. The summed E-state index contributed by atoms with van der Waals surface area (Å²) >= 11 is 0. The summed E-state index contributed by atoms with van der Waals surface area (Å²) in [6, 6.07) is 2.29. The lowest BCUT2D eigenvalue weighted by Gasteiger charge is -2.48. The summed E-state index contributed by atoms with van der Waals surface area (Å²) < 4.78 is 31.6. The Morgan fingerprint density at radius 1 is 1.12 bits per heavy atom. The minimum absolute atomic E-state index is 0.0547. The van der Waals surface area contributed by atoms with Crippen LogP contribution < -0.4 is 0 Å². The minimum atomic E-state index is -1.87. The molecule has 0 radical (unpaired) electrons. The fraction of sp³-hybridized carbons (Fsp3) is 0.829. The molecule has 2 heterocycles. The van der Waals surface area contributed by atoms with Crippen LogP contribution in [0.15, 0.2) is 22.8 Å². The van der Waals surface area contributed by atoms with Gasteiger partial charge in [-0.3, -0.25) is 4.79 Å². The number of aldehydes is 1. The molecule has 0 aromatic carbocycles. The van der Waals surface area contributed by atoms with E-state index in [9.17, 15) is 14.9 Å². The van der Waals surface area contributed by atoms with E-state index in [1.54, 1.807) is 0 Å². The van der Waals surface area contributed by atoms with Gasteiger partial charge in [0.2, 0.25) is 0 Å². The third kappa shape index (κ3) is 9.77. The Labute approximate surface area is 305 Å². The Balaban J connectivity index is 1.70. The van der Waals surface area contributed by atoms with Gasteiger partial charge < -0.3 is 28.2 Å². The van der Waals surface area contributed by atoms with Crippen LogP contribution in [-0.4, -0.2) is 64.0 Å². The summed E-state index contributed by atoms with van der Waals surface area (Å²) in [6.07, 6.45) is 9.19. The van der Waals surface area contributed by atoms with Gasteiger partial charge in [0.05, 0.1) is 24.9 Å². The van der Waals surface area contributed by atoms with E-state index in [0.717, 1.165) is 43.3 Å². The van der Waals surface area contributed by atoms with Crippen LogP contribution in [0.4, 0.5) is 0 Å². The number of ether oxygens (including phenoxy) is 4. The van der Waals surface area contributed by atoms with E-state index in [1.807, 2.05) is 20.8 Å². The highest BCUT2D eigenvalue weighted by atomic mass is 28.4. The molecular weight excluding hydrogens is 647 g/mol. The second-order valence-electron chi connectivity index (χ2n) is 16.9. The van der Waals surface area contributed by atoms with Crippen molar-refractivity contribution in [3.8, 4) is 6.07 Å². The molecule has 50 heavy (non-hydrogen) atoms. The topological polar surface area (TPSA) is 104 Å². The molecule has 3 aliphatic rings. The maximum absolute atomic E-state index is 12.9. The Bertz CT molecular complexity index is 1230. The van der Waals surface area contributed by atoms with Gasteiger partial charge in [0.15, 0.2) is 14.1 Å². The number of carbonyl (C=O) groups excluding carboxylic acids is 2. The zero-order valence-electron chi connectivity index (χ0n) is 33.4. The van der Waals surface area contributed by atoms with Crippen LogP contribution in [0.1, 0.15) is 141 Å². The van der Waals surface area contributed by atoms with Gasteiger partial charge >= 0.3 is 5.97 Å². The van der Waals surface area contributed by atoms with Crippen molar-refractivity contribution in [2.24, 2.45) is 17.3 Å². The van der Waals surface area contributed by atoms with E-state index in [4.69, 9.17) is 23.4 Å². The third-order valence-corrected chi connectivity index (χ3v) is 18.3. The SMILES string of the molecule is CC(=O)O[C@@H](CC/C=C(\C)[C@@H]1O[C@H](CCCO[Si](C(C)C)(C(C)C)C(C)C)C[C@H]1C)[C@@]1(CCC#N)CCC([C@@H]2COC(C)(C)O2)=C(C)[C@@H]1C=O. The molecule has 0 aromatic heterocycles. The molecule has 0 bridgehead atoms. The van der Waals surface area contributed by atoms with Gasteiger partial charge in [0.25, 0.3) is 0 Å². The largest absolute Gasteiger partial charge is 0.462 e. The average molecular weight is 716 g/mol. The Hall–Kier alpha value is -1.83. The Morgan fingerprint density at radius 2 is 1.78 bits per heavy atom. The van der Waals surface area contributed by atoms with Gasteiger partial charge in [-0.2, -0.15) is 5.26 Å². The van der Waals surface area contributed by atoms with Crippen molar-refractivity contribution in [1.29, 1.82) is 5.26 Å². The van der Waals surface area contributed by atoms with Crippen molar-refractivity contribution in [3.05, 3.63) is 22.8 Å². The first kappa shape index (κ1) is 42.6. The van der Waals surface area contributed by atoms with Gasteiger partial charge in [-0.15, -0.1) is 0 Å². The van der Waals surface area contributed by atoms with Gasteiger partial charge in [-0.1, -0.05) is 60.1 Å². The minimum Gasteiger partial charge on any atom is -0.462 e. The molecule has 2 aliphatic heterocycles. The van der Waals surface area contributed by atoms with Gasteiger partial charge in [-0.05, 0) is 113 Å². The maximum atomic E-state index is 12.9. The predicted octanol–water partition coefficient (Wildman–Crippen LogP) is 9.78. The third-order valence-electron chi connectivity index (χ3n) is 12.2. The smallest absolute Gasteiger partial charge is 0.302 e. The fourth-order valence-corrected chi connectivity index (χ4v) is 15.4. The zero-order valence-corrected chi connectivity index (χ0v) is 34.4. The first-order valence-corrected chi connectivity index (χ1v) is 21.6. The highest BCUT2D eigenvalue weighted by Gasteiger charge is 2.51. The van der Waals surface area contributed by atoms with Crippen LogP contribution in [0, 0.1) is 28.6 Å². The number of esters is 1. The van der Waals surface area contributed by atoms with Crippen LogP contribution in [0.2, 0.25) is 16.6 Å². The predicted molar refractivity (Wildman–Crippen MR) is 201 cm³/mol. The highest BCUT2D eigenvalue weighted by molar-refractivity contribution is 6.77. The van der Waals surface area contributed by atoms with Crippen LogP contribution in [0.25, 0.3) is 0 Å². The molecule has 7 atom stereocenters. The fourth-order valence-electron chi connectivity index (χ4n) is 9.93. The summed E-state index contributed by atoms with van der Waals surface area (Å²) in [4.78, 5) is 25.4. The molecular formula is C41H69NO7Si. The number of carbonyl (C=O) groups is 2. The van der Waals surface area contributed by atoms with Gasteiger partial charge in [0, 0.05) is 31.3 Å². The molecule has 9 heteroatoms. The molecule has 0 spiro atoms. The molecule has 1 aliphatic carbocycles. The lowest BCUT2D eigenvalue weighted by Crippen LogP contribution is -2.48. The van der Waals surface area contributed by atoms with Crippen molar-refractivity contribution >= 4 is 20.6 Å². The zero-order chi connectivity index (χ0) is 37.4. The van der Waals surface area contributed by atoms with Crippen LogP contribution >= 0.6 is 0 Å². The number of hydrogen-bond donors (Lipinski definition) is 0. The molecule has 0 saturated carbocycles. The lowest BCUT2D eigenvalue weighted by molar-refractivity contribution is -0.160. The molecule has 284 valence electrons. The van der Waals surface area contributed by atoms with Crippen molar-refractivity contribution in [3.63, 3.8) is 0 Å². The number of allylic oxidation sites excluding steroid dienone is 2. The Morgan fingerprint density at radius 3 is 2.32 bits per heavy atom. The van der Waals surface area contributed by atoms with Crippen molar-refractivity contribution in [2.75, 3.05) is 13.2 Å². The van der Waals surface area contributed by atoms with Crippen LogP contribution in [0.3, 0.4) is 0 Å².